The monoisotopic (exact) mass is 350 g/mol. The molecular weight excluding hydrogens is 336 g/mol. The molecule has 0 fully saturated rings. The van der Waals surface area contributed by atoms with Crippen molar-refractivity contribution in [1.82, 2.24) is 20.2 Å². The fourth-order valence-corrected chi connectivity index (χ4v) is 3.04. The van der Waals surface area contributed by atoms with Gasteiger partial charge in [0.05, 0.1) is 16.8 Å². The van der Waals surface area contributed by atoms with Crippen LogP contribution in [0.1, 0.15) is 0 Å². The SMILES string of the molecule is c1ccc(-c2nnc(-c3cc(-c4cccnc4)nc4ccccc34)o2)cc1. The number of aromatic nitrogens is 4. The molecule has 0 aliphatic heterocycles. The molecule has 0 radical (unpaired) electrons. The molecule has 5 rings (SSSR count). The van der Waals surface area contributed by atoms with Gasteiger partial charge in [0.1, 0.15) is 0 Å². The minimum Gasteiger partial charge on any atom is -0.416 e. The highest BCUT2D eigenvalue weighted by Crippen LogP contribution is 2.32. The fourth-order valence-electron chi connectivity index (χ4n) is 3.04. The quantitative estimate of drug-likeness (QED) is 0.457. The molecule has 0 atom stereocenters. The second-order valence-electron chi connectivity index (χ2n) is 6.09. The molecule has 128 valence electrons. The Bertz CT molecular complexity index is 1220. The van der Waals surface area contributed by atoms with E-state index in [1.807, 2.05) is 72.8 Å². The van der Waals surface area contributed by atoms with Gasteiger partial charge in [-0.15, -0.1) is 10.2 Å². The van der Waals surface area contributed by atoms with Gasteiger partial charge in [-0.2, -0.15) is 0 Å². The molecule has 0 saturated heterocycles. The highest BCUT2D eigenvalue weighted by atomic mass is 16.4. The van der Waals surface area contributed by atoms with Gasteiger partial charge >= 0.3 is 0 Å². The second kappa shape index (κ2) is 6.46. The first-order valence-corrected chi connectivity index (χ1v) is 8.58. The predicted molar refractivity (Wildman–Crippen MR) is 104 cm³/mol. The molecule has 2 aromatic carbocycles. The largest absolute Gasteiger partial charge is 0.416 e. The van der Waals surface area contributed by atoms with Crippen molar-refractivity contribution >= 4 is 10.9 Å². The Morgan fingerprint density at radius 2 is 1.48 bits per heavy atom. The lowest BCUT2D eigenvalue weighted by atomic mass is 10.0. The van der Waals surface area contributed by atoms with Crippen molar-refractivity contribution in [1.29, 1.82) is 0 Å². The summed E-state index contributed by atoms with van der Waals surface area (Å²) in [6.45, 7) is 0. The van der Waals surface area contributed by atoms with E-state index in [2.05, 4.69) is 15.2 Å². The summed E-state index contributed by atoms with van der Waals surface area (Å²) in [5, 5.41) is 9.48. The molecule has 0 saturated carbocycles. The van der Waals surface area contributed by atoms with Crippen LogP contribution in [0.3, 0.4) is 0 Å². The van der Waals surface area contributed by atoms with Crippen LogP contribution in [0.25, 0.3) is 45.1 Å². The minimum atomic E-state index is 0.470. The molecule has 0 bridgehead atoms. The first-order valence-electron chi connectivity index (χ1n) is 8.58. The van der Waals surface area contributed by atoms with E-state index in [0.29, 0.717) is 11.8 Å². The Morgan fingerprint density at radius 3 is 2.33 bits per heavy atom. The number of hydrogen-bond acceptors (Lipinski definition) is 5. The first kappa shape index (κ1) is 15.4. The van der Waals surface area contributed by atoms with E-state index < -0.39 is 0 Å². The summed E-state index contributed by atoms with van der Waals surface area (Å²) in [5.74, 6) is 0.965. The maximum atomic E-state index is 5.99. The van der Waals surface area contributed by atoms with Crippen molar-refractivity contribution < 1.29 is 4.42 Å². The van der Waals surface area contributed by atoms with E-state index in [4.69, 9.17) is 9.40 Å². The molecule has 0 aliphatic carbocycles. The molecule has 5 heteroatoms. The zero-order valence-corrected chi connectivity index (χ0v) is 14.3. The summed E-state index contributed by atoms with van der Waals surface area (Å²) in [6, 6.07) is 23.5. The summed E-state index contributed by atoms with van der Waals surface area (Å²) < 4.78 is 5.99. The molecule has 0 aliphatic rings. The van der Waals surface area contributed by atoms with E-state index >= 15 is 0 Å². The third-order valence-electron chi connectivity index (χ3n) is 4.35. The number of para-hydroxylation sites is 1. The highest BCUT2D eigenvalue weighted by molar-refractivity contribution is 5.94. The molecule has 3 heterocycles. The number of hydrogen-bond donors (Lipinski definition) is 0. The van der Waals surface area contributed by atoms with Crippen LogP contribution in [-0.4, -0.2) is 20.2 Å². The zero-order valence-electron chi connectivity index (χ0n) is 14.3. The number of fused-ring (bicyclic) bond motifs is 1. The van der Waals surface area contributed by atoms with E-state index in [9.17, 15) is 0 Å². The van der Waals surface area contributed by atoms with Crippen LogP contribution in [0.5, 0.6) is 0 Å². The summed E-state index contributed by atoms with van der Waals surface area (Å²) in [6.07, 6.45) is 3.54. The number of nitrogens with zero attached hydrogens (tertiary/aromatic N) is 4. The van der Waals surface area contributed by atoms with Gasteiger partial charge < -0.3 is 4.42 Å². The molecule has 5 aromatic rings. The summed E-state index contributed by atoms with van der Waals surface area (Å²) in [4.78, 5) is 8.96. The number of rotatable bonds is 3. The average molecular weight is 350 g/mol. The van der Waals surface area contributed by atoms with Gasteiger partial charge in [-0.3, -0.25) is 4.98 Å². The summed E-state index contributed by atoms with van der Waals surface area (Å²) >= 11 is 0. The Kier molecular flexibility index (Phi) is 3.68. The van der Waals surface area contributed by atoms with E-state index in [1.54, 1.807) is 12.4 Å². The molecule has 0 unspecified atom stereocenters. The van der Waals surface area contributed by atoms with Crippen molar-refractivity contribution in [3.8, 4) is 34.2 Å². The van der Waals surface area contributed by atoms with E-state index in [1.165, 1.54) is 0 Å². The van der Waals surface area contributed by atoms with Crippen molar-refractivity contribution in [2.45, 2.75) is 0 Å². The van der Waals surface area contributed by atoms with Crippen molar-refractivity contribution in [3.63, 3.8) is 0 Å². The van der Waals surface area contributed by atoms with Gasteiger partial charge in [-0.1, -0.05) is 36.4 Å². The lowest BCUT2D eigenvalue weighted by molar-refractivity contribution is 0.585. The van der Waals surface area contributed by atoms with Gasteiger partial charge in [0, 0.05) is 28.9 Å². The maximum Gasteiger partial charge on any atom is 0.248 e. The van der Waals surface area contributed by atoms with E-state index in [-0.39, 0.29) is 0 Å². The summed E-state index contributed by atoms with van der Waals surface area (Å²) in [7, 11) is 0. The maximum absolute atomic E-state index is 5.99. The van der Waals surface area contributed by atoms with E-state index in [0.717, 1.165) is 33.3 Å². The minimum absolute atomic E-state index is 0.470. The van der Waals surface area contributed by atoms with Crippen LogP contribution in [0.2, 0.25) is 0 Å². The van der Waals surface area contributed by atoms with Crippen molar-refractivity contribution in [2.75, 3.05) is 0 Å². The summed E-state index contributed by atoms with van der Waals surface area (Å²) in [5.41, 5.74) is 4.37. The zero-order chi connectivity index (χ0) is 18.1. The predicted octanol–water partition coefficient (Wildman–Crippen LogP) is 5.01. The Hall–Kier alpha value is -3.86. The Balaban J connectivity index is 1.70. The molecule has 27 heavy (non-hydrogen) atoms. The van der Waals surface area contributed by atoms with Crippen LogP contribution in [0.4, 0.5) is 0 Å². The first-order chi connectivity index (χ1) is 13.4. The van der Waals surface area contributed by atoms with Crippen molar-refractivity contribution in [2.24, 2.45) is 0 Å². The van der Waals surface area contributed by atoms with Gasteiger partial charge in [0.25, 0.3) is 0 Å². The molecule has 0 spiro atoms. The standard InChI is InChI=1S/C22H14N4O/c1-2-7-15(8-3-1)21-25-26-22(27-21)18-13-20(16-9-6-12-23-14-16)24-19-11-5-4-10-17(18)19/h1-14H. The third kappa shape index (κ3) is 2.85. The Morgan fingerprint density at radius 1 is 0.704 bits per heavy atom. The average Bonchev–Trinajstić information content (AvgIpc) is 3.24. The van der Waals surface area contributed by atoms with Gasteiger partial charge in [0.2, 0.25) is 11.8 Å². The van der Waals surface area contributed by atoms with Crippen LogP contribution >= 0.6 is 0 Å². The topological polar surface area (TPSA) is 64.7 Å². The van der Waals surface area contributed by atoms with Gasteiger partial charge in [-0.05, 0) is 36.4 Å². The van der Waals surface area contributed by atoms with Gasteiger partial charge in [0.15, 0.2) is 0 Å². The third-order valence-corrected chi connectivity index (χ3v) is 4.35. The van der Waals surface area contributed by atoms with Gasteiger partial charge in [-0.25, -0.2) is 4.98 Å². The Labute approximate surface area is 155 Å². The molecule has 5 nitrogen and oxygen atoms in total. The van der Waals surface area contributed by atoms with Crippen LogP contribution < -0.4 is 0 Å². The fraction of sp³-hybridized carbons (Fsp3) is 0. The van der Waals surface area contributed by atoms with Crippen LogP contribution in [-0.2, 0) is 0 Å². The molecule has 0 N–H and O–H groups in total. The van der Waals surface area contributed by atoms with Crippen molar-refractivity contribution in [3.05, 3.63) is 85.2 Å². The lowest BCUT2D eigenvalue weighted by Crippen LogP contribution is -1.90. The smallest absolute Gasteiger partial charge is 0.248 e. The molecule has 3 aromatic heterocycles. The number of benzene rings is 2. The molecule has 0 amide bonds. The normalized spacial score (nSPS) is 11.0. The van der Waals surface area contributed by atoms with Crippen LogP contribution in [0.15, 0.2) is 89.6 Å². The molecular formula is C22H14N4O. The van der Waals surface area contributed by atoms with Crippen LogP contribution in [0, 0.1) is 0 Å². The number of pyridine rings is 2. The lowest BCUT2D eigenvalue weighted by Gasteiger charge is -2.07. The second-order valence-corrected chi connectivity index (χ2v) is 6.09. The highest BCUT2D eigenvalue weighted by Gasteiger charge is 2.15.